The largest absolute Gasteiger partial charge is 0.396 e. The molecule has 0 heterocycles. The standard InChI is InChI=1S/C15H12ClFINO2S/c16-11-8-10(2-3-12(11)17)19-15(21)9-1-4-13(18)14(7-9)22-6-5-20/h1-4,7-8,20H,5-6H2,(H,19,21). The minimum absolute atomic E-state index is 0.0420. The first-order chi connectivity index (χ1) is 10.5. The number of carbonyl (C=O) groups is 1. The van der Waals surface area contributed by atoms with Gasteiger partial charge in [-0.2, -0.15) is 0 Å². The lowest BCUT2D eigenvalue weighted by Crippen LogP contribution is -2.12. The number of benzene rings is 2. The fourth-order valence-electron chi connectivity index (χ4n) is 1.69. The minimum Gasteiger partial charge on any atom is -0.396 e. The Morgan fingerprint density at radius 3 is 2.77 bits per heavy atom. The first-order valence-corrected chi connectivity index (χ1v) is 8.75. The molecule has 0 fully saturated rings. The summed E-state index contributed by atoms with van der Waals surface area (Å²) in [6.07, 6.45) is 0. The van der Waals surface area contributed by atoms with E-state index in [9.17, 15) is 9.18 Å². The molecule has 0 aliphatic rings. The molecule has 0 saturated carbocycles. The van der Waals surface area contributed by atoms with E-state index in [1.165, 1.54) is 30.0 Å². The molecule has 0 aromatic heterocycles. The average molecular weight is 452 g/mol. The van der Waals surface area contributed by atoms with Crippen LogP contribution in [0.4, 0.5) is 10.1 Å². The van der Waals surface area contributed by atoms with Gasteiger partial charge in [0, 0.05) is 25.5 Å². The van der Waals surface area contributed by atoms with E-state index >= 15 is 0 Å². The highest BCUT2D eigenvalue weighted by Gasteiger charge is 2.10. The highest BCUT2D eigenvalue weighted by Crippen LogP contribution is 2.26. The summed E-state index contributed by atoms with van der Waals surface area (Å²) in [5.41, 5.74) is 0.917. The molecule has 7 heteroatoms. The summed E-state index contributed by atoms with van der Waals surface area (Å²) >= 11 is 9.35. The first-order valence-electron chi connectivity index (χ1n) is 6.31. The molecule has 116 valence electrons. The molecule has 0 bridgehead atoms. The summed E-state index contributed by atoms with van der Waals surface area (Å²) in [6.45, 7) is 0.0747. The van der Waals surface area contributed by atoms with Crippen molar-refractivity contribution < 1.29 is 14.3 Å². The quantitative estimate of drug-likeness (QED) is 0.523. The molecule has 0 atom stereocenters. The summed E-state index contributed by atoms with van der Waals surface area (Å²) in [5, 5.41) is 11.5. The predicted octanol–water partition coefficient (Wildman–Crippen LogP) is 4.42. The van der Waals surface area contributed by atoms with Crippen LogP contribution in [0, 0.1) is 9.39 Å². The topological polar surface area (TPSA) is 49.3 Å². The Balaban J connectivity index is 2.16. The number of hydrogen-bond acceptors (Lipinski definition) is 3. The van der Waals surface area contributed by atoms with Gasteiger partial charge in [-0.25, -0.2) is 4.39 Å². The Kier molecular flexibility index (Phi) is 6.49. The van der Waals surface area contributed by atoms with Crippen LogP contribution in [-0.4, -0.2) is 23.4 Å². The summed E-state index contributed by atoms with van der Waals surface area (Å²) in [6, 6.07) is 9.34. The molecule has 0 aliphatic heterocycles. The fourth-order valence-corrected chi connectivity index (χ4v) is 3.40. The molecular formula is C15H12ClFINO2S. The van der Waals surface area contributed by atoms with Gasteiger partial charge in [0.15, 0.2) is 0 Å². The van der Waals surface area contributed by atoms with Gasteiger partial charge in [0.2, 0.25) is 0 Å². The number of carbonyl (C=O) groups excluding carboxylic acids is 1. The zero-order valence-electron chi connectivity index (χ0n) is 11.3. The number of aliphatic hydroxyl groups is 1. The third-order valence-electron chi connectivity index (χ3n) is 2.72. The lowest BCUT2D eigenvalue weighted by molar-refractivity contribution is 0.102. The van der Waals surface area contributed by atoms with Crippen LogP contribution in [0.15, 0.2) is 41.3 Å². The number of halogens is 3. The lowest BCUT2D eigenvalue weighted by Gasteiger charge is -2.09. The number of hydrogen-bond donors (Lipinski definition) is 2. The smallest absolute Gasteiger partial charge is 0.255 e. The maximum Gasteiger partial charge on any atom is 0.255 e. The van der Waals surface area contributed by atoms with E-state index in [0.717, 1.165) is 8.47 Å². The van der Waals surface area contributed by atoms with Crippen LogP contribution in [0.3, 0.4) is 0 Å². The SMILES string of the molecule is O=C(Nc1ccc(F)c(Cl)c1)c1ccc(I)c(SCCO)c1. The Bertz CT molecular complexity index is 699. The van der Waals surface area contributed by atoms with Crippen molar-refractivity contribution in [3.05, 3.63) is 56.4 Å². The number of thioether (sulfide) groups is 1. The van der Waals surface area contributed by atoms with Crippen molar-refractivity contribution >= 4 is 57.5 Å². The van der Waals surface area contributed by atoms with Crippen molar-refractivity contribution in [1.82, 2.24) is 0 Å². The molecule has 0 unspecified atom stereocenters. The van der Waals surface area contributed by atoms with Crippen LogP contribution in [0.1, 0.15) is 10.4 Å². The lowest BCUT2D eigenvalue weighted by atomic mass is 10.2. The number of nitrogens with one attached hydrogen (secondary N) is 1. The first kappa shape index (κ1) is 17.5. The van der Waals surface area contributed by atoms with E-state index in [1.807, 2.05) is 6.07 Å². The van der Waals surface area contributed by atoms with Crippen molar-refractivity contribution in [2.45, 2.75) is 4.90 Å². The molecule has 2 rings (SSSR count). The van der Waals surface area contributed by atoms with Crippen LogP contribution in [-0.2, 0) is 0 Å². The highest BCUT2D eigenvalue weighted by molar-refractivity contribution is 14.1. The van der Waals surface area contributed by atoms with Gasteiger partial charge in [0.05, 0.1) is 11.6 Å². The monoisotopic (exact) mass is 451 g/mol. The van der Waals surface area contributed by atoms with Crippen LogP contribution >= 0.6 is 46.0 Å². The van der Waals surface area contributed by atoms with E-state index in [-0.39, 0.29) is 17.5 Å². The molecule has 0 aliphatic carbocycles. The number of aliphatic hydroxyl groups excluding tert-OH is 1. The Labute approximate surface area is 150 Å². The third kappa shape index (κ3) is 4.58. The predicted molar refractivity (Wildman–Crippen MR) is 96.3 cm³/mol. The molecule has 2 N–H and O–H groups in total. The van der Waals surface area contributed by atoms with Crippen molar-refractivity contribution in [2.75, 3.05) is 17.7 Å². The number of rotatable bonds is 5. The Hall–Kier alpha value is -0.830. The third-order valence-corrected chi connectivity index (χ3v) is 5.35. The summed E-state index contributed by atoms with van der Waals surface area (Å²) in [7, 11) is 0. The normalized spacial score (nSPS) is 10.5. The maximum atomic E-state index is 13.1. The minimum atomic E-state index is -0.531. The number of amides is 1. The summed E-state index contributed by atoms with van der Waals surface area (Å²) in [4.78, 5) is 13.2. The van der Waals surface area contributed by atoms with Gasteiger partial charge in [-0.3, -0.25) is 4.79 Å². The van der Waals surface area contributed by atoms with Gasteiger partial charge in [-0.1, -0.05) is 11.6 Å². The van der Waals surface area contributed by atoms with Crippen molar-refractivity contribution in [3.8, 4) is 0 Å². The van der Waals surface area contributed by atoms with Crippen molar-refractivity contribution in [1.29, 1.82) is 0 Å². The highest BCUT2D eigenvalue weighted by atomic mass is 127. The second kappa shape index (κ2) is 8.14. The zero-order chi connectivity index (χ0) is 16.1. The van der Waals surface area contributed by atoms with Gasteiger partial charge in [0.1, 0.15) is 5.82 Å². The molecule has 0 saturated heterocycles. The van der Waals surface area contributed by atoms with Gasteiger partial charge >= 0.3 is 0 Å². The number of anilines is 1. The van der Waals surface area contributed by atoms with Crippen molar-refractivity contribution in [2.24, 2.45) is 0 Å². The molecule has 0 radical (unpaired) electrons. The van der Waals surface area contributed by atoms with Gasteiger partial charge in [-0.15, -0.1) is 11.8 Å². The molecule has 3 nitrogen and oxygen atoms in total. The molecular weight excluding hydrogens is 440 g/mol. The molecule has 0 spiro atoms. The zero-order valence-corrected chi connectivity index (χ0v) is 15.0. The van der Waals surface area contributed by atoms with Crippen LogP contribution in [0.2, 0.25) is 5.02 Å². The summed E-state index contributed by atoms with van der Waals surface area (Å²) < 4.78 is 14.1. The van der Waals surface area contributed by atoms with Crippen LogP contribution in [0.5, 0.6) is 0 Å². The van der Waals surface area contributed by atoms with E-state index in [1.54, 1.807) is 12.1 Å². The van der Waals surface area contributed by atoms with E-state index in [4.69, 9.17) is 16.7 Å². The molecule has 2 aromatic carbocycles. The molecule has 2 aromatic rings. The van der Waals surface area contributed by atoms with Gasteiger partial charge in [-0.05, 0) is 59.0 Å². The maximum absolute atomic E-state index is 13.1. The molecule has 22 heavy (non-hydrogen) atoms. The summed E-state index contributed by atoms with van der Waals surface area (Å²) in [5.74, 6) is -0.268. The Morgan fingerprint density at radius 2 is 2.09 bits per heavy atom. The van der Waals surface area contributed by atoms with E-state index in [0.29, 0.717) is 17.0 Å². The van der Waals surface area contributed by atoms with Gasteiger partial charge in [0.25, 0.3) is 5.91 Å². The second-order valence-corrected chi connectivity index (χ2v) is 7.01. The van der Waals surface area contributed by atoms with E-state index in [2.05, 4.69) is 27.9 Å². The Morgan fingerprint density at radius 1 is 1.32 bits per heavy atom. The van der Waals surface area contributed by atoms with E-state index < -0.39 is 5.82 Å². The fraction of sp³-hybridized carbons (Fsp3) is 0.133. The van der Waals surface area contributed by atoms with Crippen LogP contribution in [0.25, 0.3) is 0 Å². The van der Waals surface area contributed by atoms with Gasteiger partial charge < -0.3 is 10.4 Å². The second-order valence-electron chi connectivity index (χ2n) is 4.30. The van der Waals surface area contributed by atoms with Crippen molar-refractivity contribution in [3.63, 3.8) is 0 Å². The average Bonchev–Trinajstić information content (AvgIpc) is 2.50. The van der Waals surface area contributed by atoms with Crippen LogP contribution < -0.4 is 5.32 Å². The molecule has 1 amide bonds.